The van der Waals surface area contributed by atoms with Crippen LogP contribution in [-0.2, 0) is 4.74 Å². The Balaban J connectivity index is 2.12. The molecule has 0 aromatic carbocycles. The van der Waals surface area contributed by atoms with E-state index in [-0.39, 0.29) is 0 Å². The van der Waals surface area contributed by atoms with Crippen molar-refractivity contribution in [1.29, 1.82) is 0 Å². The summed E-state index contributed by atoms with van der Waals surface area (Å²) in [5, 5.41) is 3.21. The van der Waals surface area contributed by atoms with Crippen molar-refractivity contribution in [2.45, 2.75) is 19.8 Å². The van der Waals surface area contributed by atoms with Gasteiger partial charge >= 0.3 is 0 Å². The summed E-state index contributed by atoms with van der Waals surface area (Å²) in [4.78, 5) is 4.20. The zero-order chi connectivity index (χ0) is 10.9. The van der Waals surface area contributed by atoms with E-state index in [0.717, 1.165) is 36.5 Å². The molecule has 1 aromatic heterocycles. The number of rotatable bonds is 7. The standard InChI is InChI=1S/C11H17BrN2O/c1-2-3-8-15-9-7-14-11-10(12)5-4-6-13-11/h4-6H,2-3,7-9H2,1H3,(H,13,14). The van der Waals surface area contributed by atoms with E-state index < -0.39 is 0 Å². The van der Waals surface area contributed by atoms with Crippen LogP contribution >= 0.6 is 15.9 Å². The molecule has 0 fully saturated rings. The summed E-state index contributed by atoms with van der Waals surface area (Å²) >= 11 is 3.42. The molecule has 0 amide bonds. The van der Waals surface area contributed by atoms with Crippen LogP contribution in [0.2, 0.25) is 0 Å². The van der Waals surface area contributed by atoms with Crippen molar-refractivity contribution in [3.63, 3.8) is 0 Å². The first-order chi connectivity index (χ1) is 7.34. The fraction of sp³-hybridized carbons (Fsp3) is 0.545. The Bertz CT molecular complexity index is 281. The van der Waals surface area contributed by atoms with Crippen LogP contribution in [0, 0.1) is 0 Å². The molecule has 0 radical (unpaired) electrons. The molecule has 15 heavy (non-hydrogen) atoms. The van der Waals surface area contributed by atoms with Crippen molar-refractivity contribution in [1.82, 2.24) is 4.98 Å². The maximum atomic E-state index is 5.43. The predicted molar refractivity (Wildman–Crippen MR) is 66.2 cm³/mol. The van der Waals surface area contributed by atoms with Crippen LogP contribution in [0.25, 0.3) is 0 Å². The van der Waals surface area contributed by atoms with Gasteiger partial charge in [0.1, 0.15) is 5.82 Å². The van der Waals surface area contributed by atoms with E-state index in [1.165, 1.54) is 6.42 Å². The first-order valence-electron chi connectivity index (χ1n) is 5.26. The van der Waals surface area contributed by atoms with Crippen molar-refractivity contribution < 1.29 is 4.74 Å². The molecule has 0 saturated heterocycles. The monoisotopic (exact) mass is 272 g/mol. The smallest absolute Gasteiger partial charge is 0.140 e. The summed E-state index contributed by atoms with van der Waals surface area (Å²) in [5.41, 5.74) is 0. The van der Waals surface area contributed by atoms with E-state index in [1.54, 1.807) is 6.20 Å². The van der Waals surface area contributed by atoms with E-state index in [4.69, 9.17) is 4.74 Å². The lowest BCUT2D eigenvalue weighted by Gasteiger charge is -2.07. The number of ether oxygens (including phenoxy) is 1. The highest BCUT2D eigenvalue weighted by Gasteiger charge is 1.97. The molecular weight excluding hydrogens is 256 g/mol. The largest absolute Gasteiger partial charge is 0.380 e. The molecule has 0 unspecified atom stereocenters. The third-order valence-corrected chi connectivity index (χ3v) is 2.58. The Hall–Kier alpha value is -0.610. The van der Waals surface area contributed by atoms with E-state index in [9.17, 15) is 0 Å². The molecule has 0 atom stereocenters. The summed E-state index contributed by atoms with van der Waals surface area (Å²) in [5.74, 6) is 0.872. The summed E-state index contributed by atoms with van der Waals surface area (Å²) in [6, 6.07) is 3.86. The molecule has 0 spiro atoms. The second-order valence-corrected chi connectivity index (χ2v) is 4.08. The van der Waals surface area contributed by atoms with Crippen molar-refractivity contribution in [2.75, 3.05) is 25.1 Å². The Morgan fingerprint density at radius 1 is 1.47 bits per heavy atom. The van der Waals surface area contributed by atoms with Gasteiger partial charge in [0.05, 0.1) is 11.1 Å². The van der Waals surface area contributed by atoms with Crippen molar-refractivity contribution in [2.24, 2.45) is 0 Å². The summed E-state index contributed by atoms with van der Waals surface area (Å²) in [6.45, 7) is 4.52. The number of halogens is 1. The predicted octanol–water partition coefficient (Wildman–Crippen LogP) is 3.07. The van der Waals surface area contributed by atoms with Gasteiger partial charge in [0.2, 0.25) is 0 Å². The minimum atomic E-state index is 0.725. The molecule has 1 aromatic rings. The van der Waals surface area contributed by atoms with Gasteiger partial charge in [-0.3, -0.25) is 0 Å². The van der Waals surface area contributed by atoms with Crippen LogP contribution in [0.3, 0.4) is 0 Å². The third-order valence-electron chi connectivity index (χ3n) is 1.94. The number of unbranched alkanes of at least 4 members (excludes halogenated alkanes) is 1. The van der Waals surface area contributed by atoms with Gasteiger partial charge in [0, 0.05) is 19.3 Å². The first kappa shape index (κ1) is 12.5. The highest BCUT2D eigenvalue weighted by atomic mass is 79.9. The number of hydrogen-bond donors (Lipinski definition) is 1. The number of aromatic nitrogens is 1. The van der Waals surface area contributed by atoms with E-state index in [1.807, 2.05) is 12.1 Å². The molecule has 0 bridgehead atoms. The molecule has 0 aliphatic rings. The van der Waals surface area contributed by atoms with E-state index in [0.29, 0.717) is 0 Å². The molecule has 1 N–H and O–H groups in total. The Morgan fingerprint density at radius 2 is 2.33 bits per heavy atom. The van der Waals surface area contributed by atoms with Crippen molar-refractivity contribution in [3.8, 4) is 0 Å². The second-order valence-electron chi connectivity index (χ2n) is 3.23. The lowest BCUT2D eigenvalue weighted by Crippen LogP contribution is -2.11. The molecule has 0 aliphatic heterocycles. The molecule has 84 valence electrons. The number of anilines is 1. The summed E-state index contributed by atoms with van der Waals surface area (Å²) < 4.78 is 6.41. The third kappa shape index (κ3) is 5.14. The maximum absolute atomic E-state index is 5.43. The van der Waals surface area contributed by atoms with Gasteiger partial charge in [0.25, 0.3) is 0 Å². The Labute approximate surface area is 99.4 Å². The molecule has 0 aliphatic carbocycles. The van der Waals surface area contributed by atoms with Crippen molar-refractivity contribution in [3.05, 3.63) is 22.8 Å². The van der Waals surface area contributed by atoms with Crippen LogP contribution in [0.5, 0.6) is 0 Å². The van der Waals surface area contributed by atoms with Crippen LogP contribution in [0.1, 0.15) is 19.8 Å². The molecule has 3 nitrogen and oxygen atoms in total. The zero-order valence-corrected chi connectivity index (χ0v) is 10.6. The van der Waals surface area contributed by atoms with Crippen LogP contribution in [0.4, 0.5) is 5.82 Å². The molecule has 1 rings (SSSR count). The average molecular weight is 273 g/mol. The highest BCUT2D eigenvalue weighted by molar-refractivity contribution is 9.10. The average Bonchev–Trinajstić information content (AvgIpc) is 2.25. The van der Waals surface area contributed by atoms with Gasteiger partial charge < -0.3 is 10.1 Å². The lowest BCUT2D eigenvalue weighted by molar-refractivity contribution is 0.141. The quantitative estimate of drug-likeness (QED) is 0.775. The zero-order valence-electron chi connectivity index (χ0n) is 9.00. The van der Waals surface area contributed by atoms with Gasteiger partial charge in [0.15, 0.2) is 0 Å². The fourth-order valence-corrected chi connectivity index (χ4v) is 1.50. The molecule has 1 heterocycles. The topological polar surface area (TPSA) is 34.1 Å². The van der Waals surface area contributed by atoms with Crippen molar-refractivity contribution >= 4 is 21.7 Å². The van der Waals surface area contributed by atoms with Gasteiger partial charge in [-0.1, -0.05) is 13.3 Å². The number of hydrogen-bond acceptors (Lipinski definition) is 3. The summed E-state index contributed by atoms with van der Waals surface area (Å²) in [7, 11) is 0. The first-order valence-corrected chi connectivity index (χ1v) is 6.06. The Kier molecular flexibility index (Phi) is 6.36. The fourth-order valence-electron chi connectivity index (χ4n) is 1.11. The van der Waals surface area contributed by atoms with Gasteiger partial charge in [-0.05, 0) is 34.5 Å². The number of nitrogens with one attached hydrogen (secondary N) is 1. The Morgan fingerprint density at radius 3 is 3.07 bits per heavy atom. The van der Waals surface area contributed by atoms with Gasteiger partial charge in [-0.15, -0.1) is 0 Å². The van der Waals surface area contributed by atoms with Crippen LogP contribution in [0.15, 0.2) is 22.8 Å². The number of pyridine rings is 1. The molecule has 4 heteroatoms. The minimum Gasteiger partial charge on any atom is -0.380 e. The molecule has 0 saturated carbocycles. The minimum absolute atomic E-state index is 0.725. The van der Waals surface area contributed by atoms with Gasteiger partial charge in [-0.25, -0.2) is 4.98 Å². The summed E-state index contributed by atoms with van der Waals surface area (Å²) in [6.07, 6.45) is 4.08. The highest BCUT2D eigenvalue weighted by Crippen LogP contribution is 2.17. The van der Waals surface area contributed by atoms with E-state index >= 15 is 0 Å². The van der Waals surface area contributed by atoms with Crippen LogP contribution in [-0.4, -0.2) is 24.7 Å². The SMILES string of the molecule is CCCCOCCNc1ncccc1Br. The maximum Gasteiger partial charge on any atom is 0.140 e. The van der Waals surface area contributed by atoms with Crippen LogP contribution < -0.4 is 5.32 Å². The normalized spacial score (nSPS) is 10.3. The molecular formula is C11H17BrN2O. The number of nitrogens with zero attached hydrogens (tertiary/aromatic N) is 1. The second kappa shape index (κ2) is 7.65. The van der Waals surface area contributed by atoms with E-state index in [2.05, 4.69) is 33.2 Å². The lowest BCUT2D eigenvalue weighted by atomic mass is 10.4. The van der Waals surface area contributed by atoms with Gasteiger partial charge in [-0.2, -0.15) is 0 Å².